The van der Waals surface area contributed by atoms with Crippen molar-refractivity contribution in [2.45, 2.75) is 13.5 Å². The van der Waals surface area contributed by atoms with E-state index in [1.807, 2.05) is 6.92 Å². The maximum atomic E-state index is 10.9. The number of hydrogen-bond donors (Lipinski definition) is 2. The molecule has 0 radical (unpaired) electrons. The molecule has 126 valence electrons. The first-order valence-corrected chi connectivity index (χ1v) is 7.43. The second-order valence-electron chi connectivity index (χ2n) is 5.28. The summed E-state index contributed by atoms with van der Waals surface area (Å²) in [7, 11) is 0. The first-order chi connectivity index (χ1) is 12.0. The maximum Gasteiger partial charge on any atom is 0.270 e. The third-order valence-corrected chi connectivity index (χ3v) is 3.32. The Morgan fingerprint density at radius 1 is 1.20 bits per heavy atom. The van der Waals surface area contributed by atoms with Crippen molar-refractivity contribution in [3.05, 3.63) is 64.2 Å². The number of nitro groups is 1. The van der Waals surface area contributed by atoms with Gasteiger partial charge in [-0.1, -0.05) is 12.1 Å². The third-order valence-electron chi connectivity index (χ3n) is 3.32. The summed E-state index contributed by atoms with van der Waals surface area (Å²) in [6, 6.07) is 9.58. The van der Waals surface area contributed by atoms with Crippen LogP contribution in [-0.4, -0.2) is 24.9 Å². The number of aryl methyl sites for hydroxylation is 1. The molecule has 2 aromatic heterocycles. The highest BCUT2D eigenvalue weighted by atomic mass is 16.6. The van der Waals surface area contributed by atoms with Crippen LogP contribution in [0, 0.1) is 17.0 Å². The number of nitrogens with zero attached hydrogens (tertiary/aromatic N) is 5. The van der Waals surface area contributed by atoms with Gasteiger partial charge in [-0.25, -0.2) is 19.9 Å². The quantitative estimate of drug-likeness (QED) is 0.535. The lowest BCUT2D eigenvalue weighted by atomic mass is 10.2. The van der Waals surface area contributed by atoms with Crippen molar-refractivity contribution < 1.29 is 4.92 Å². The van der Waals surface area contributed by atoms with Gasteiger partial charge >= 0.3 is 0 Å². The van der Waals surface area contributed by atoms with E-state index in [1.165, 1.54) is 12.1 Å². The number of nitro benzene ring substituents is 1. The molecular weight excluding hydrogens is 322 g/mol. The highest BCUT2D eigenvalue weighted by Gasteiger charge is 2.10. The predicted octanol–water partition coefficient (Wildman–Crippen LogP) is 2.34. The van der Waals surface area contributed by atoms with Crippen LogP contribution in [0.3, 0.4) is 0 Å². The van der Waals surface area contributed by atoms with Crippen molar-refractivity contribution in [3.8, 4) is 11.4 Å². The van der Waals surface area contributed by atoms with Crippen molar-refractivity contribution in [2.75, 3.05) is 11.1 Å². The zero-order chi connectivity index (χ0) is 17.8. The van der Waals surface area contributed by atoms with Crippen LogP contribution in [0.25, 0.3) is 11.4 Å². The highest BCUT2D eigenvalue weighted by Crippen LogP contribution is 2.22. The lowest BCUT2D eigenvalue weighted by molar-refractivity contribution is -0.384. The van der Waals surface area contributed by atoms with E-state index in [1.54, 1.807) is 30.5 Å². The van der Waals surface area contributed by atoms with E-state index in [9.17, 15) is 10.1 Å². The van der Waals surface area contributed by atoms with Crippen molar-refractivity contribution in [2.24, 2.45) is 0 Å². The fraction of sp³-hybridized carbons (Fsp3) is 0.125. The number of nitrogen functional groups attached to an aromatic ring is 1. The van der Waals surface area contributed by atoms with Crippen molar-refractivity contribution in [3.63, 3.8) is 0 Å². The minimum Gasteiger partial charge on any atom is -0.384 e. The van der Waals surface area contributed by atoms with E-state index in [-0.39, 0.29) is 5.69 Å². The van der Waals surface area contributed by atoms with Crippen LogP contribution in [0.5, 0.6) is 0 Å². The van der Waals surface area contributed by atoms with Gasteiger partial charge < -0.3 is 11.1 Å². The van der Waals surface area contributed by atoms with Gasteiger partial charge in [0.25, 0.3) is 5.69 Å². The first-order valence-electron chi connectivity index (χ1n) is 7.43. The first kappa shape index (κ1) is 16.2. The molecule has 0 fully saturated rings. The van der Waals surface area contributed by atoms with Crippen LogP contribution in [0.15, 0.2) is 42.6 Å². The number of nitrogens with one attached hydrogen (secondary N) is 1. The standard InChI is InChI=1S/C16H15N7O2/c1-10-7-14(19-9-15-18-6-5-13(17)21-15)22-16(20-10)11-3-2-4-12(8-11)23(24)25/h2-8H,9H2,1H3,(H2,17,18,21)(H,19,20,22). The largest absolute Gasteiger partial charge is 0.384 e. The van der Waals surface area contributed by atoms with E-state index >= 15 is 0 Å². The van der Waals surface area contributed by atoms with Gasteiger partial charge in [-0.15, -0.1) is 0 Å². The molecule has 0 amide bonds. The van der Waals surface area contributed by atoms with E-state index in [0.717, 1.165) is 5.69 Å². The molecule has 3 rings (SSSR count). The van der Waals surface area contributed by atoms with Gasteiger partial charge in [0.2, 0.25) is 0 Å². The normalized spacial score (nSPS) is 10.4. The van der Waals surface area contributed by atoms with Gasteiger partial charge in [-0.2, -0.15) is 0 Å². The van der Waals surface area contributed by atoms with Crippen LogP contribution >= 0.6 is 0 Å². The molecule has 0 bridgehead atoms. The summed E-state index contributed by atoms with van der Waals surface area (Å²) in [5, 5.41) is 14.0. The summed E-state index contributed by atoms with van der Waals surface area (Å²) >= 11 is 0. The highest BCUT2D eigenvalue weighted by molar-refractivity contribution is 5.61. The Hall–Kier alpha value is -3.62. The maximum absolute atomic E-state index is 10.9. The fourth-order valence-electron chi connectivity index (χ4n) is 2.22. The van der Waals surface area contributed by atoms with Gasteiger partial charge in [-0.05, 0) is 13.0 Å². The summed E-state index contributed by atoms with van der Waals surface area (Å²) in [4.78, 5) is 27.5. The average Bonchev–Trinajstić information content (AvgIpc) is 2.60. The molecule has 25 heavy (non-hydrogen) atoms. The summed E-state index contributed by atoms with van der Waals surface area (Å²) in [5.74, 6) is 1.90. The third kappa shape index (κ3) is 4.02. The molecule has 0 aliphatic carbocycles. The molecule has 3 aromatic rings. The molecular formula is C16H15N7O2. The van der Waals surface area contributed by atoms with Gasteiger partial charge in [0.15, 0.2) is 5.82 Å². The fourth-order valence-corrected chi connectivity index (χ4v) is 2.22. The lowest BCUT2D eigenvalue weighted by Gasteiger charge is -2.08. The minimum atomic E-state index is -0.449. The van der Waals surface area contributed by atoms with Crippen LogP contribution < -0.4 is 11.1 Å². The molecule has 9 heteroatoms. The van der Waals surface area contributed by atoms with Crippen LogP contribution in [0.2, 0.25) is 0 Å². The summed E-state index contributed by atoms with van der Waals surface area (Å²) in [6.45, 7) is 2.17. The molecule has 0 aliphatic heterocycles. The molecule has 3 N–H and O–H groups in total. The van der Waals surface area contributed by atoms with Crippen LogP contribution in [0.1, 0.15) is 11.5 Å². The zero-order valence-corrected chi connectivity index (χ0v) is 13.4. The number of non-ortho nitro benzene ring substituents is 1. The molecule has 0 unspecified atom stereocenters. The number of rotatable bonds is 5. The van der Waals surface area contributed by atoms with Gasteiger partial charge in [0.05, 0.1) is 11.5 Å². The lowest BCUT2D eigenvalue weighted by Crippen LogP contribution is -2.08. The number of aromatic nitrogens is 4. The Morgan fingerprint density at radius 3 is 2.80 bits per heavy atom. The van der Waals surface area contributed by atoms with E-state index in [4.69, 9.17) is 5.73 Å². The van der Waals surface area contributed by atoms with Crippen molar-refractivity contribution in [1.82, 2.24) is 19.9 Å². The topological polar surface area (TPSA) is 133 Å². The Morgan fingerprint density at radius 2 is 2.04 bits per heavy atom. The SMILES string of the molecule is Cc1cc(NCc2nccc(N)n2)nc(-c2cccc([N+](=O)[O-])c2)n1. The molecule has 2 heterocycles. The molecule has 1 aromatic carbocycles. The van der Waals surface area contributed by atoms with E-state index in [0.29, 0.717) is 35.4 Å². The summed E-state index contributed by atoms with van der Waals surface area (Å²) in [5.41, 5.74) is 6.92. The van der Waals surface area contributed by atoms with Crippen molar-refractivity contribution >= 4 is 17.3 Å². The van der Waals surface area contributed by atoms with Crippen LogP contribution in [-0.2, 0) is 6.54 Å². The average molecular weight is 337 g/mol. The molecule has 0 aliphatic rings. The Labute approximate surface area is 143 Å². The second-order valence-corrected chi connectivity index (χ2v) is 5.28. The monoisotopic (exact) mass is 337 g/mol. The molecule has 0 saturated carbocycles. The molecule has 0 spiro atoms. The number of anilines is 2. The molecule has 9 nitrogen and oxygen atoms in total. The van der Waals surface area contributed by atoms with E-state index in [2.05, 4.69) is 25.3 Å². The number of nitrogens with two attached hydrogens (primary N) is 1. The molecule has 0 saturated heterocycles. The van der Waals surface area contributed by atoms with Gasteiger partial charge in [-0.3, -0.25) is 10.1 Å². The summed E-state index contributed by atoms with van der Waals surface area (Å²) in [6.07, 6.45) is 1.58. The smallest absolute Gasteiger partial charge is 0.270 e. The second kappa shape index (κ2) is 6.87. The number of benzene rings is 1. The number of hydrogen-bond acceptors (Lipinski definition) is 8. The zero-order valence-electron chi connectivity index (χ0n) is 13.4. The Kier molecular flexibility index (Phi) is 4.46. The Balaban J connectivity index is 1.85. The van der Waals surface area contributed by atoms with Crippen LogP contribution in [0.4, 0.5) is 17.3 Å². The van der Waals surface area contributed by atoms with Crippen molar-refractivity contribution in [1.29, 1.82) is 0 Å². The molecule has 0 atom stereocenters. The predicted molar refractivity (Wildman–Crippen MR) is 92.6 cm³/mol. The van der Waals surface area contributed by atoms with Gasteiger partial charge in [0, 0.05) is 35.7 Å². The van der Waals surface area contributed by atoms with E-state index < -0.39 is 4.92 Å². The Bertz CT molecular complexity index is 930. The minimum absolute atomic E-state index is 0.00900. The summed E-state index contributed by atoms with van der Waals surface area (Å²) < 4.78 is 0. The van der Waals surface area contributed by atoms with Gasteiger partial charge in [0.1, 0.15) is 17.5 Å².